The molecule has 0 aliphatic heterocycles. The van der Waals surface area contributed by atoms with Crippen molar-refractivity contribution in [3.05, 3.63) is 46.8 Å². The largest absolute Gasteiger partial charge is 0.454 e. The number of benzene rings is 1. The Morgan fingerprint density at radius 3 is 2.75 bits per heavy atom. The zero-order chi connectivity index (χ0) is 14.5. The van der Waals surface area contributed by atoms with Gasteiger partial charge in [-0.25, -0.2) is 14.2 Å². The molecule has 0 aliphatic rings. The van der Waals surface area contributed by atoms with Crippen LogP contribution in [0.2, 0.25) is 0 Å². The summed E-state index contributed by atoms with van der Waals surface area (Å²) in [7, 11) is 0. The van der Waals surface area contributed by atoms with Crippen LogP contribution in [0.1, 0.15) is 0 Å². The highest BCUT2D eigenvalue weighted by atomic mass is 79.9. The number of primary amides is 1. The number of hydrogen-bond acceptors (Lipinski definition) is 4. The Hall–Kier alpha value is -1.80. The summed E-state index contributed by atoms with van der Waals surface area (Å²) in [4.78, 5) is 14.8. The Balaban J connectivity index is 2.22. The van der Waals surface area contributed by atoms with Crippen molar-refractivity contribution in [2.75, 3.05) is 0 Å². The van der Waals surface area contributed by atoms with Gasteiger partial charge in [0.1, 0.15) is 11.6 Å². The van der Waals surface area contributed by atoms with Crippen LogP contribution >= 0.6 is 27.9 Å². The molecule has 5 nitrogen and oxygen atoms in total. The predicted octanol–water partition coefficient (Wildman–Crippen LogP) is 3.45. The summed E-state index contributed by atoms with van der Waals surface area (Å²) < 4.78 is 21.5. The highest BCUT2D eigenvalue weighted by molar-refractivity contribution is 9.10. The molecule has 1 aromatic carbocycles. The van der Waals surface area contributed by atoms with Crippen LogP contribution in [0.3, 0.4) is 0 Å². The second-order valence-electron chi connectivity index (χ2n) is 3.58. The number of amides is 2. The molecular weight excluding hydrogens is 349 g/mol. The van der Waals surface area contributed by atoms with Crippen LogP contribution in [0.5, 0.6) is 11.5 Å². The van der Waals surface area contributed by atoms with E-state index in [9.17, 15) is 9.18 Å². The van der Waals surface area contributed by atoms with Crippen LogP contribution in [0, 0.1) is 5.82 Å². The molecule has 8 heteroatoms. The third kappa shape index (κ3) is 4.10. The number of urea groups is 1. The molecule has 0 unspecified atom stereocenters. The minimum absolute atomic E-state index is 0.352. The molecule has 2 amide bonds. The minimum atomic E-state index is -0.688. The Kier molecular flexibility index (Phi) is 4.80. The molecule has 0 radical (unpaired) electrons. The van der Waals surface area contributed by atoms with Crippen LogP contribution in [0.4, 0.5) is 9.18 Å². The third-order valence-corrected chi connectivity index (χ3v) is 3.31. The summed E-state index contributed by atoms with van der Waals surface area (Å²) in [5, 5.41) is 0.427. The fraction of sp³-hybridized carbons (Fsp3) is 0. The maximum absolute atomic E-state index is 12.8. The predicted molar refractivity (Wildman–Crippen MR) is 77.0 cm³/mol. The van der Waals surface area contributed by atoms with E-state index >= 15 is 0 Å². The molecular formula is C12H9BrFN3O2S. The smallest absolute Gasteiger partial charge is 0.322 e. The number of carbonyl (C=O) groups excluding carboxylic acids is 1. The molecule has 20 heavy (non-hydrogen) atoms. The molecule has 0 saturated heterocycles. The molecule has 0 spiro atoms. The van der Waals surface area contributed by atoms with Crippen LogP contribution in [0.15, 0.2) is 46.0 Å². The minimum Gasteiger partial charge on any atom is -0.454 e. The van der Waals surface area contributed by atoms with Crippen molar-refractivity contribution in [3.8, 4) is 11.5 Å². The maximum Gasteiger partial charge on any atom is 0.322 e. The van der Waals surface area contributed by atoms with Crippen LogP contribution < -0.4 is 15.2 Å². The van der Waals surface area contributed by atoms with E-state index < -0.39 is 6.03 Å². The molecule has 1 aromatic heterocycles. The molecule has 2 rings (SSSR count). The van der Waals surface area contributed by atoms with E-state index in [0.717, 1.165) is 11.9 Å². The Labute approximate surface area is 127 Å². The number of carbonyl (C=O) groups is 1. The Bertz CT molecular complexity index is 625. The lowest BCUT2D eigenvalue weighted by Gasteiger charge is -2.10. The van der Waals surface area contributed by atoms with Gasteiger partial charge in [-0.2, -0.15) is 0 Å². The van der Waals surface area contributed by atoms with Gasteiger partial charge in [0.2, 0.25) is 0 Å². The fourth-order valence-corrected chi connectivity index (χ4v) is 2.10. The van der Waals surface area contributed by atoms with E-state index in [-0.39, 0.29) is 5.82 Å². The summed E-state index contributed by atoms with van der Waals surface area (Å²) in [6, 6.07) is 6.55. The standard InChI is InChI=1S/C12H9BrFN3O2S/c13-7-5-10(11(16-6-7)20-17-12(15)18)19-9-3-1-8(14)2-4-9/h1-6H,(H3,15,17,18). The quantitative estimate of drug-likeness (QED) is 0.821. The van der Waals surface area contributed by atoms with Crippen molar-refractivity contribution < 1.29 is 13.9 Å². The summed E-state index contributed by atoms with van der Waals surface area (Å²) in [6.45, 7) is 0. The lowest BCUT2D eigenvalue weighted by Crippen LogP contribution is -2.23. The highest BCUT2D eigenvalue weighted by Gasteiger charge is 2.10. The van der Waals surface area contributed by atoms with Gasteiger partial charge in [0.05, 0.1) is 0 Å². The van der Waals surface area contributed by atoms with Crippen LogP contribution in [-0.2, 0) is 0 Å². The number of halogens is 2. The molecule has 0 fully saturated rings. The van der Waals surface area contributed by atoms with Gasteiger partial charge in [0, 0.05) is 22.6 Å². The first-order chi connectivity index (χ1) is 9.54. The lowest BCUT2D eigenvalue weighted by atomic mass is 10.3. The number of nitrogens with zero attached hydrogens (tertiary/aromatic N) is 1. The van der Waals surface area contributed by atoms with E-state index in [1.54, 1.807) is 12.3 Å². The van der Waals surface area contributed by atoms with E-state index in [0.29, 0.717) is 21.0 Å². The van der Waals surface area contributed by atoms with Crippen molar-refractivity contribution in [1.82, 2.24) is 9.71 Å². The van der Waals surface area contributed by atoms with Crippen molar-refractivity contribution >= 4 is 33.9 Å². The van der Waals surface area contributed by atoms with Gasteiger partial charge in [-0.05, 0) is 46.3 Å². The van der Waals surface area contributed by atoms with Gasteiger partial charge in [-0.15, -0.1) is 0 Å². The first-order valence-corrected chi connectivity index (χ1v) is 6.97. The third-order valence-electron chi connectivity index (χ3n) is 2.07. The molecule has 0 aliphatic carbocycles. The number of ether oxygens (including phenoxy) is 1. The summed E-state index contributed by atoms with van der Waals surface area (Å²) >= 11 is 4.21. The molecule has 2 aromatic rings. The number of hydrogen-bond donors (Lipinski definition) is 2. The number of pyridine rings is 1. The number of rotatable bonds is 4. The normalized spacial score (nSPS) is 10.1. The van der Waals surface area contributed by atoms with Gasteiger partial charge >= 0.3 is 6.03 Å². The molecule has 0 saturated carbocycles. The monoisotopic (exact) mass is 357 g/mol. The molecule has 104 valence electrons. The zero-order valence-electron chi connectivity index (χ0n) is 9.97. The first-order valence-electron chi connectivity index (χ1n) is 5.36. The fourth-order valence-electron chi connectivity index (χ4n) is 1.29. The second-order valence-corrected chi connectivity index (χ2v) is 5.29. The zero-order valence-corrected chi connectivity index (χ0v) is 12.4. The lowest BCUT2D eigenvalue weighted by molar-refractivity contribution is 0.254. The summed E-state index contributed by atoms with van der Waals surface area (Å²) in [5.74, 6) is 0.506. The van der Waals surface area contributed by atoms with Crippen molar-refractivity contribution in [2.45, 2.75) is 5.03 Å². The summed E-state index contributed by atoms with van der Waals surface area (Å²) in [5.41, 5.74) is 5.00. The highest BCUT2D eigenvalue weighted by Crippen LogP contribution is 2.31. The van der Waals surface area contributed by atoms with Crippen molar-refractivity contribution in [2.24, 2.45) is 5.73 Å². The van der Waals surface area contributed by atoms with Crippen LogP contribution in [-0.4, -0.2) is 11.0 Å². The summed E-state index contributed by atoms with van der Waals surface area (Å²) in [6.07, 6.45) is 1.56. The first kappa shape index (κ1) is 14.6. The van der Waals surface area contributed by atoms with E-state index in [4.69, 9.17) is 10.5 Å². The number of nitrogens with one attached hydrogen (secondary N) is 1. The van der Waals surface area contributed by atoms with E-state index in [1.165, 1.54) is 24.3 Å². The van der Waals surface area contributed by atoms with Gasteiger partial charge < -0.3 is 10.5 Å². The molecule has 0 atom stereocenters. The van der Waals surface area contributed by atoms with Gasteiger partial charge in [0.15, 0.2) is 10.8 Å². The average molecular weight is 358 g/mol. The molecule has 0 bridgehead atoms. The van der Waals surface area contributed by atoms with E-state index in [2.05, 4.69) is 25.6 Å². The van der Waals surface area contributed by atoms with Gasteiger partial charge in [0.25, 0.3) is 0 Å². The maximum atomic E-state index is 12.8. The number of nitrogens with two attached hydrogens (primary N) is 1. The molecule has 1 heterocycles. The van der Waals surface area contributed by atoms with Crippen LogP contribution in [0.25, 0.3) is 0 Å². The SMILES string of the molecule is NC(=O)NSc1ncc(Br)cc1Oc1ccc(F)cc1. The van der Waals surface area contributed by atoms with Gasteiger partial charge in [-0.1, -0.05) is 0 Å². The van der Waals surface area contributed by atoms with Crippen molar-refractivity contribution in [1.29, 1.82) is 0 Å². The van der Waals surface area contributed by atoms with E-state index in [1.807, 2.05) is 0 Å². The number of aromatic nitrogens is 1. The Morgan fingerprint density at radius 1 is 1.40 bits per heavy atom. The van der Waals surface area contributed by atoms with Gasteiger partial charge in [-0.3, -0.25) is 4.72 Å². The van der Waals surface area contributed by atoms with Crippen molar-refractivity contribution in [3.63, 3.8) is 0 Å². The topological polar surface area (TPSA) is 77.2 Å². The Morgan fingerprint density at radius 2 is 2.10 bits per heavy atom. The molecule has 3 N–H and O–H groups in total. The second kappa shape index (κ2) is 6.58. The average Bonchev–Trinajstić information content (AvgIpc) is 2.40.